The highest BCUT2D eigenvalue weighted by Crippen LogP contribution is 2.39. The Labute approximate surface area is 115 Å². The van der Waals surface area contributed by atoms with Crippen LogP contribution < -0.4 is 14.8 Å². The van der Waals surface area contributed by atoms with Gasteiger partial charge >= 0.3 is 0 Å². The van der Waals surface area contributed by atoms with Gasteiger partial charge in [0.2, 0.25) is 6.79 Å². The molecule has 5 heteroatoms. The van der Waals surface area contributed by atoms with E-state index in [2.05, 4.69) is 10.3 Å². The van der Waals surface area contributed by atoms with E-state index in [1.165, 1.54) is 32.1 Å². The van der Waals surface area contributed by atoms with Crippen molar-refractivity contribution in [2.45, 2.75) is 38.1 Å². The van der Waals surface area contributed by atoms with Crippen molar-refractivity contribution in [1.29, 1.82) is 0 Å². The largest absolute Gasteiger partial charge is 0.454 e. The predicted molar refractivity (Wildman–Crippen MR) is 76.2 cm³/mol. The van der Waals surface area contributed by atoms with Crippen molar-refractivity contribution in [3.63, 3.8) is 0 Å². The molecule has 0 spiro atoms. The van der Waals surface area contributed by atoms with Crippen molar-refractivity contribution in [1.82, 2.24) is 4.98 Å². The summed E-state index contributed by atoms with van der Waals surface area (Å²) in [6, 6.07) is 4.59. The molecule has 0 radical (unpaired) electrons. The van der Waals surface area contributed by atoms with E-state index in [1.54, 1.807) is 11.3 Å². The maximum atomic E-state index is 5.40. The molecule has 0 saturated heterocycles. The standard InChI is InChI=1S/C14H16N2O2S/c1-2-4-9(5-3-1)15-14-16-10-6-11-12(18-8-17-11)7-13(10)19-14/h6-7,9H,1-5,8H2,(H,15,16). The van der Waals surface area contributed by atoms with E-state index in [-0.39, 0.29) is 0 Å². The summed E-state index contributed by atoms with van der Waals surface area (Å²) >= 11 is 1.70. The number of fused-ring (bicyclic) bond motifs is 2. The minimum absolute atomic E-state index is 0.319. The Balaban J connectivity index is 1.61. The second kappa shape index (κ2) is 4.56. The van der Waals surface area contributed by atoms with Crippen LogP contribution in [0, 0.1) is 0 Å². The monoisotopic (exact) mass is 276 g/mol. The van der Waals surface area contributed by atoms with Gasteiger partial charge in [0, 0.05) is 18.2 Å². The SMILES string of the molecule is c1c2c(cc3sc(NC4CCCCC4)nc13)OCO2. The fourth-order valence-corrected chi connectivity index (χ4v) is 3.75. The van der Waals surface area contributed by atoms with Crippen molar-refractivity contribution in [2.75, 3.05) is 12.1 Å². The van der Waals surface area contributed by atoms with Crippen LogP contribution in [0.4, 0.5) is 5.13 Å². The first kappa shape index (κ1) is 11.3. The molecule has 1 aliphatic carbocycles. The van der Waals surface area contributed by atoms with Gasteiger partial charge in [-0.05, 0) is 12.8 Å². The highest BCUT2D eigenvalue weighted by molar-refractivity contribution is 7.22. The summed E-state index contributed by atoms with van der Waals surface area (Å²) in [6.07, 6.45) is 6.56. The van der Waals surface area contributed by atoms with Crippen LogP contribution in [0.15, 0.2) is 12.1 Å². The van der Waals surface area contributed by atoms with Crippen LogP contribution in [0.3, 0.4) is 0 Å². The maximum absolute atomic E-state index is 5.40. The number of nitrogens with one attached hydrogen (secondary N) is 1. The average molecular weight is 276 g/mol. The van der Waals surface area contributed by atoms with Gasteiger partial charge in [0.15, 0.2) is 16.6 Å². The molecule has 1 N–H and O–H groups in total. The van der Waals surface area contributed by atoms with E-state index in [0.29, 0.717) is 12.8 Å². The number of thiazole rings is 1. The van der Waals surface area contributed by atoms with Crippen LogP contribution in [0.1, 0.15) is 32.1 Å². The second-order valence-corrected chi connectivity index (χ2v) is 6.20. The molecule has 0 amide bonds. The normalized spacial score (nSPS) is 18.9. The first-order chi connectivity index (χ1) is 9.38. The maximum Gasteiger partial charge on any atom is 0.231 e. The molecule has 2 aromatic rings. The van der Waals surface area contributed by atoms with E-state index >= 15 is 0 Å². The fourth-order valence-electron chi connectivity index (χ4n) is 2.80. The van der Waals surface area contributed by atoms with Gasteiger partial charge in [-0.25, -0.2) is 4.98 Å². The molecule has 1 fully saturated rings. The Bertz CT molecular complexity index is 564. The summed E-state index contributed by atoms with van der Waals surface area (Å²) in [5.41, 5.74) is 0.993. The molecule has 1 saturated carbocycles. The molecule has 2 heterocycles. The average Bonchev–Trinajstić information content (AvgIpc) is 3.01. The third-order valence-electron chi connectivity index (χ3n) is 3.82. The summed E-state index contributed by atoms with van der Waals surface area (Å²) in [6.45, 7) is 0.319. The lowest BCUT2D eigenvalue weighted by Crippen LogP contribution is -2.21. The minimum Gasteiger partial charge on any atom is -0.454 e. The molecular weight excluding hydrogens is 260 g/mol. The number of benzene rings is 1. The molecule has 1 aliphatic heterocycles. The Morgan fingerprint density at radius 3 is 2.74 bits per heavy atom. The quantitative estimate of drug-likeness (QED) is 0.906. The molecule has 2 aliphatic rings. The Morgan fingerprint density at radius 2 is 1.89 bits per heavy atom. The number of rotatable bonds is 2. The Kier molecular flexibility index (Phi) is 2.72. The fraction of sp³-hybridized carbons (Fsp3) is 0.500. The summed E-state index contributed by atoms with van der Waals surface area (Å²) in [5.74, 6) is 1.64. The molecule has 4 rings (SSSR count). The molecule has 0 unspecified atom stereocenters. The van der Waals surface area contributed by atoms with Gasteiger partial charge < -0.3 is 14.8 Å². The lowest BCUT2D eigenvalue weighted by Gasteiger charge is -2.22. The molecule has 1 aromatic carbocycles. The zero-order chi connectivity index (χ0) is 12.7. The van der Waals surface area contributed by atoms with Gasteiger partial charge in [0.25, 0.3) is 0 Å². The van der Waals surface area contributed by atoms with Crippen LogP contribution in [-0.4, -0.2) is 17.8 Å². The topological polar surface area (TPSA) is 43.4 Å². The lowest BCUT2D eigenvalue weighted by atomic mass is 9.96. The summed E-state index contributed by atoms with van der Waals surface area (Å²) in [7, 11) is 0. The van der Waals surface area contributed by atoms with Gasteiger partial charge in [-0.1, -0.05) is 30.6 Å². The summed E-state index contributed by atoms with van der Waals surface area (Å²) in [4.78, 5) is 4.66. The van der Waals surface area contributed by atoms with Gasteiger partial charge in [-0.15, -0.1) is 0 Å². The third kappa shape index (κ3) is 2.12. The van der Waals surface area contributed by atoms with Gasteiger partial charge in [0.05, 0.1) is 10.2 Å². The van der Waals surface area contributed by atoms with Crippen LogP contribution in [0.25, 0.3) is 10.2 Å². The Morgan fingerprint density at radius 1 is 1.11 bits per heavy atom. The molecule has 1 aromatic heterocycles. The lowest BCUT2D eigenvalue weighted by molar-refractivity contribution is 0.174. The molecule has 19 heavy (non-hydrogen) atoms. The smallest absolute Gasteiger partial charge is 0.231 e. The number of anilines is 1. The number of hydrogen-bond donors (Lipinski definition) is 1. The highest BCUT2D eigenvalue weighted by atomic mass is 32.1. The van der Waals surface area contributed by atoms with Crippen LogP contribution >= 0.6 is 11.3 Å². The number of nitrogens with zero attached hydrogens (tertiary/aromatic N) is 1. The van der Waals surface area contributed by atoms with E-state index in [1.807, 2.05) is 12.1 Å². The highest BCUT2D eigenvalue weighted by Gasteiger charge is 2.18. The molecular formula is C14H16N2O2S. The number of hydrogen-bond acceptors (Lipinski definition) is 5. The summed E-state index contributed by atoms with van der Waals surface area (Å²) < 4.78 is 11.9. The third-order valence-corrected chi connectivity index (χ3v) is 4.76. The number of ether oxygens (including phenoxy) is 2. The van der Waals surface area contributed by atoms with E-state index < -0.39 is 0 Å². The molecule has 100 valence electrons. The minimum atomic E-state index is 0.319. The summed E-state index contributed by atoms with van der Waals surface area (Å²) in [5, 5.41) is 4.59. The van der Waals surface area contributed by atoms with Gasteiger partial charge in [-0.3, -0.25) is 0 Å². The molecule has 0 bridgehead atoms. The molecule has 4 nitrogen and oxygen atoms in total. The van der Waals surface area contributed by atoms with Crippen LogP contribution in [0.5, 0.6) is 11.5 Å². The van der Waals surface area contributed by atoms with E-state index in [0.717, 1.165) is 26.8 Å². The van der Waals surface area contributed by atoms with Crippen molar-refractivity contribution in [3.05, 3.63) is 12.1 Å². The zero-order valence-electron chi connectivity index (χ0n) is 10.6. The Hall–Kier alpha value is -1.49. The molecule has 0 atom stereocenters. The van der Waals surface area contributed by atoms with Crippen LogP contribution in [0.2, 0.25) is 0 Å². The first-order valence-corrected chi connectivity index (χ1v) is 7.67. The van der Waals surface area contributed by atoms with Gasteiger partial charge in [0.1, 0.15) is 0 Å². The zero-order valence-corrected chi connectivity index (χ0v) is 11.5. The van der Waals surface area contributed by atoms with E-state index in [4.69, 9.17) is 9.47 Å². The van der Waals surface area contributed by atoms with Gasteiger partial charge in [-0.2, -0.15) is 0 Å². The first-order valence-electron chi connectivity index (χ1n) is 6.85. The number of aromatic nitrogens is 1. The van der Waals surface area contributed by atoms with Crippen molar-refractivity contribution < 1.29 is 9.47 Å². The van der Waals surface area contributed by atoms with Crippen molar-refractivity contribution in [3.8, 4) is 11.5 Å². The van der Waals surface area contributed by atoms with Crippen LogP contribution in [-0.2, 0) is 0 Å². The van der Waals surface area contributed by atoms with Crippen molar-refractivity contribution in [2.24, 2.45) is 0 Å². The predicted octanol–water partition coefficient (Wildman–Crippen LogP) is 3.77. The second-order valence-electron chi connectivity index (χ2n) is 5.17. The van der Waals surface area contributed by atoms with E-state index in [9.17, 15) is 0 Å². The van der Waals surface area contributed by atoms with Crippen molar-refractivity contribution >= 4 is 26.7 Å².